The molecule has 1 aromatic carbocycles. The van der Waals surface area contributed by atoms with Gasteiger partial charge >= 0.3 is 0 Å². The van der Waals surface area contributed by atoms with Gasteiger partial charge in [0.1, 0.15) is 11.3 Å². The summed E-state index contributed by atoms with van der Waals surface area (Å²) in [4.78, 5) is 19.2. The molecule has 1 N–H and O–H groups in total. The third-order valence-electron chi connectivity index (χ3n) is 5.03. The van der Waals surface area contributed by atoms with Crippen molar-refractivity contribution in [1.29, 1.82) is 0 Å². The van der Waals surface area contributed by atoms with E-state index in [9.17, 15) is 4.79 Å². The summed E-state index contributed by atoms with van der Waals surface area (Å²) < 4.78 is 1.89. The first-order chi connectivity index (χ1) is 13.3. The molecule has 1 aliphatic heterocycles. The molecule has 27 heavy (non-hydrogen) atoms. The fourth-order valence-corrected chi connectivity index (χ4v) is 3.61. The van der Waals surface area contributed by atoms with Gasteiger partial charge in [-0.2, -0.15) is 0 Å². The van der Waals surface area contributed by atoms with Gasteiger partial charge in [-0.15, -0.1) is 5.10 Å². The largest absolute Gasteiger partial charge is 0.356 e. The summed E-state index contributed by atoms with van der Waals surface area (Å²) in [5, 5.41) is 11.4. The minimum absolute atomic E-state index is 0.0213. The van der Waals surface area contributed by atoms with Gasteiger partial charge in [0.15, 0.2) is 0 Å². The highest BCUT2D eigenvalue weighted by Crippen LogP contribution is 2.21. The van der Waals surface area contributed by atoms with E-state index in [4.69, 9.17) is 0 Å². The van der Waals surface area contributed by atoms with Crippen LogP contribution in [0.2, 0.25) is 0 Å². The third-order valence-corrected chi connectivity index (χ3v) is 5.03. The van der Waals surface area contributed by atoms with E-state index >= 15 is 0 Å². The Morgan fingerprint density at radius 1 is 1.19 bits per heavy atom. The molecule has 2 aromatic heterocycles. The molecule has 140 valence electrons. The quantitative estimate of drug-likeness (QED) is 0.679. The van der Waals surface area contributed by atoms with E-state index in [1.54, 1.807) is 6.20 Å². The Morgan fingerprint density at radius 2 is 2.07 bits per heavy atom. The standard InChI is InChI=1S/C20H24N6O/c27-20(16-7-5-13-25(15-16)19-10-3-4-11-21-19)22-12-6-14-26-18-9-2-1-8-17(18)23-24-26/h1-4,8-11,16H,5-7,12-15H2,(H,22,27)/t16-/m1/s1. The Hall–Kier alpha value is -2.96. The molecule has 7 heteroatoms. The molecular weight excluding hydrogens is 340 g/mol. The van der Waals surface area contributed by atoms with Gasteiger partial charge < -0.3 is 10.2 Å². The van der Waals surface area contributed by atoms with Crippen LogP contribution in [0.15, 0.2) is 48.7 Å². The average molecular weight is 364 g/mol. The van der Waals surface area contributed by atoms with Crippen molar-refractivity contribution in [3.05, 3.63) is 48.7 Å². The second-order valence-electron chi connectivity index (χ2n) is 6.92. The predicted octanol–water partition coefficient (Wildman–Crippen LogP) is 2.25. The number of pyridine rings is 1. The lowest BCUT2D eigenvalue weighted by Crippen LogP contribution is -2.43. The summed E-state index contributed by atoms with van der Waals surface area (Å²) in [5.41, 5.74) is 1.93. The second-order valence-corrected chi connectivity index (χ2v) is 6.92. The molecule has 1 amide bonds. The number of para-hydroxylation sites is 1. The first kappa shape index (κ1) is 17.5. The van der Waals surface area contributed by atoms with E-state index in [0.29, 0.717) is 6.54 Å². The van der Waals surface area contributed by atoms with Crippen molar-refractivity contribution >= 4 is 22.8 Å². The molecule has 0 spiro atoms. The number of carbonyl (C=O) groups is 1. The SMILES string of the molecule is O=C(NCCCn1nnc2ccccc21)[C@@H]1CCCN(c2ccccn2)C1. The number of hydrogen-bond donors (Lipinski definition) is 1. The summed E-state index contributed by atoms with van der Waals surface area (Å²) in [5.74, 6) is 1.11. The van der Waals surface area contributed by atoms with Crippen LogP contribution in [0.1, 0.15) is 19.3 Å². The first-order valence-electron chi connectivity index (χ1n) is 9.53. The molecule has 7 nitrogen and oxygen atoms in total. The van der Waals surface area contributed by atoms with E-state index in [1.807, 2.05) is 47.1 Å². The maximum absolute atomic E-state index is 12.6. The molecule has 1 aliphatic rings. The number of nitrogens with zero attached hydrogens (tertiary/aromatic N) is 5. The van der Waals surface area contributed by atoms with Crippen LogP contribution in [0.25, 0.3) is 11.0 Å². The lowest BCUT2D eigenvalue weighted by molar-refractivity contribution is -0.125. The maximum atomic E-state index is 12.6. The van der Waals surface area contributed by atoms with Crippen molar-refractivity contribution in [3.8, 4) is 0 Å². The minimum Gasteiger partial charge on any atom is -0.356 e. The number of hydrogen-bond acceptors (Lipinski definition) is 5. The van der Waals surface area contributed by atoms with Crippen molar-refractivity contribution < 1.29 is 4.79 Å². The highest BCUT2D eigenvalue weighted by Gasteiger charge is 2.26. The first-order valence-corrected chi connectivity index (χ1v) is 9.53. The zero-order valence-electron chi connectivity index (χ0n) is 15.3. The van der Waals surface area contributed by atoms with Crippen LogP contribution in [-0.4, -0.2) is 45.5 Å². The molecule has 1 atom stereocenters. The van der Waals surface area contributed by atoms with E-state index in [1.165, 1.54) is 0 Å². The van der Waals surface area contributed by atoms with Gasteiger partial charge in [-0.25, -0.2) is 9.67 Å². The number of carbonyl (C=O) groups excluding carboxylic acids is 1. The normalized spacial score (nSPS) is 17.2. The lowest BCUT2D eigenvalue weighted by Gasteiger charge is -2.32. The molecule has 0 aliphatic carbocycles. The number of nitrogens with one attached hydrogen (secondary N) is 1. The van der Waals surface area contributed by atoms with Gasteiger partial charge in [0.05, 0.1) is 11.4 Å². The van der Waals surface area contributed by atoms with Crippen LogP contribution < -0.4 is 10.2 Å². The van der Waals surface area contributed by atoms with Gasteiger partial charge in [-0.05, 0) is 43.5 Å². The van der Waals surface area contributed by atoms with E-state index in [-0.39, 0.29) is 11.8 Å². The molecule has 3 aromatic rings. The van der Waals surface area contributed by atoms with E-state index < -0.39 is 0 Å². The number of benzene rings is 1. The van der Waals surface area contributed by atoms with Gasteiger partial charge in [0.2, 0.25) is 5.91 Å². The Bertz CT molecular complexity index is 894. The van der Waals surface area contributed by atoms with Crippen molar-refractivity contribution in [2.24, 2.45) is 5.92 Å². The Kier molecular flexibility index (Phi) is 5.27. The molecule has 0 unspecified atom stereocenters. The number of rotatable bonds is 6. The average Bonchev–Trinajstić information content (AvgIpc) is 3.15. The fraction of sp³-hybridized carbons (Fsp3) is 0.400. The van der Waals surface area contributed by atoms with Crippen molar-refractivity contribution in [2.75, 3.05) is 24.5 Å². The van der Waals surface area contributed by atoms with Gasteiger partial charge in [0, 0.05) is 32.4 Å². The number of amides is 1. The molecule has 0 bridgehead atoms. The molecule has 3 heterocycles. The zero-order chi connectivity index (χ0) is 18.5. The summed E-state index contributed by atoms with van der Waals surface area (Å²) in [6.45, 7) is 3.08. The van der Waals surface area contributed by atoms with Crippen LogP contribution in [0.3, 0.4) is 0 Å². The summed E-state index contributed by atoms with van der Waals surface area (Å²) >= 11 is 0. The van der Waals surface area contributed by atoms with Crippen LogP contribution in [0.5, 0.6) is 0 Å². The van der Waals surface area contributed by atoms with Crippen molar-refractivity contribution in [2.45, 2.75) is 25.8 Å². The molecule has 0 radical (unpaired) electrons. The van der Waals surface area contributed by atoms with E-state index in [2.05, 4.69) is 25.5 Å². The molecular formula is C20H24N6O. The smallest absolute Gasteiger partial charge is 0.224 e. The zero-order valence-corrected chi connectivity index (χ0v) is 15.3. The number of aromatic nitrogens is 4. The van der Waals surface area contributed by atoms with Gasteiger partial charge in [-0.3, -0.25) is 4.79 Å². The maximum Gasteiger partial charge on any atom is 0.224 e. The van der Waals surface area contributed by atoms with Crippen LogP contribution in [-0.2, 0) is 11.3 Å². The monoisotopic (exact) mass is 364 g/mol. The Morgan fingerprint density at radius 3 is 2.96 bits per heavy atom. The molecule has 0 saturated carbocycles. The Labute approximate surface area is 158 Å². The predicted molar refractivity (Wildman–Crippen MR) is 104 cm³/mol. The van der Waals surface area contributed by atoms with Crippen LogP contribution >= 0.6 is 0 Å². The number of fused-ring (bicyclic) bond motifs is 1. The molecule has 1 fully saturated rings. The lowest BCUT2D eigenvalue weighted by atomic mass is 9.97. The second kappa shape index (κ2) is 8.16. The summed E-state index contributed by atoms with van der Waals surface area (Å²) in [7, 11) is 0. The van der Waals surface area contributed by atoms with Crippen LogP contribution in [0.4, 0.5) is 5.82 Å². The van der Waals surface area contributed by atoms with Gasteiger partial charge in [-0.1, -0.05) is 23.4 Å². The number of anilines is 1. The van der Waals surface area contributed by atoms with Gasteiger partial charge in [0.25, 0.3) is 0 Å². The summed E-state index contributed by atoms with van der Waals surface area (Å²) in [6.07, 6.45) is 4.57. The topological polar surface area (TPSA) is 75.9 Å². The highest BCUT2D eigenvalue weighted by atomic mass is 16.1. The number of aryl methyl sites for hydroxylation is 1. The van der Waals surface area contributed by atoms with Crippen molar-refractivity contribution in [3.63, 3.8) is 0 Å². The van der Waals surface area contributed by atoms with Crippen molar-refractivity contribution in [1.82, 2.24) is 25.3 Å². The van der Waals surface area contributed by atoms with E-state index in [0.717, 1.165) is 55.7 Å². The molecule has 1 saturated heterocycles. The number of piperidine rings is 1. The molecule has 4 rings (SSSR count). The minimum atomic E-state index is 0.0213. The highest BCUT2D eigenvalue weighted by molar-refractivity contribution is 5.79. The van der Waals surface area contributed by atoms with Crippen LogP contribution in [0, 0.1) is 5.92 Å². The summed E-state index contributed by atoms with van der Waals surface area (Å²) in [6, 6.07) is 13.8. The fourth-order valence-electron chi connectivity index (χ4n) is 3.61. The Balaban J connectivity index is 1.25. The third kappa shape index (κ3) is 4.07.